The quantitative estimate of drug-likeness (QED) is 0.795. The number of nitrogens with one attached hydrogen (secondary N) is 1. The Kier molecular flexibility index (Phi) is 2.87. The Morgan fingerprint density at radius 1 is 0.895 bits per heavy atom. The number of benzene rings is 2. The van der Waals surface area contributed by atoms with Gasteiger partial charge in [0.05, 0.1) is 10.6 Å². The van der Waals surface area contributed by atoms with E-state index in [-0.39, 0.29) is 5.75 Å². The molecule has 96 valence electrons. The minimum Gasteiger partial charge on any atom is -0.361 e. The molecule has 0 saturated heterocycles. The van der Waals surface area contributed by atoms with Crippen molar-refractivity contribution in [1.29, 1.82) is 0 Å². The topological polar surface area (TPSA) is 49.9 Å². The summed E-state index contributed by atoms with van der Waals surface area (Å²) >= 11 is 0. The van der Waals surface area contributed by atoms with E-state index >= 15 is 0 Å². The summed E-state index contributed by atoms with van der Waals surface area (Å²) in [6, 6.07) is 16.2. The van der Waals surface area contributed by atoms with Crippen molar-refractivity contribution in [2.24, 2.45) is 0 Å². The molecule has 1 N–H and O–H groups in total. The summed E-state index contributed by atoms with van der Waals surface area (Å²) < 4.78 is 24.7. The van der Waals surface area contributed by atoms with Gasteiger partial charge in [-0.3, -0.25) is 0 Å². The number of aromatic amines is 1. The Morgan fingerprint density at radius 3 is 2.47 bits per heavy atom. The van der Waals surface area contributed by atoms with Crippen LogP contribution in [0.15, 0.2) is 65.7 Å². The fourth-order valence-corrected chi connectivity index (χ4v) is 3.57. The Labute approximate surface area is 111 Å². The van der Waals surface area contributed by atoms with Gasteiger partial charge in [0.15, 0.2) is 9.84 Å². The van der Waals surface area contributed by atoms with Crippen LogP contribution >= 0.6 is 0 Å². The molecule has 0 saturated carbocycles. The fraction of sp³-hybridized carbons (Fsp3) is 0.0667. The summed E-state index contributed by atoms with van der Waals surface area (Å²) in [4.78, 5) is 3.46. The van der Waals surface area contributed by atoms with Crippen molar-refractivity contribution in [2.45, 2.75) is 10.6 Å². The number of aromatic nitrogens is 1. The van der Waals surface area contributed by atoms with Gasteiger partial charge >= 0.3 is 0 Å². The van der Waals surface area contributed by atoms with Crippen LogP contribution in [0.2, 0.25) is 0 Å². The van der Waals surface area contributed by atoms with Gasteiger partial charge in [0, 0.05) is 11.7 Å². The van der Waals surface area contributed by atoms with E-state index in [1.165, 1.54) is 0 Å². The molecule has 0 unspecified atom stereocenters. The summed E-state index contributed by atoms with van der Waals surface area (Å²) in [7, 11) is -3.30. The number of fused-ring (bicyclic) bond motifs is 1. The van der Waals surface area contributed by atoms with Gasteiger partial charge in [0.2, 0.25) is 0 Å². The molecular formula is C15H13NO2S. The molecule has 0 atom stereocenters. The lowest BCUT2D eigenvalue weighted by atomic mass is 10.2. The summed E-state index contributed by atoms with van der Waals surface area (Å²) in [6.07, 6.45) is 1.82. The standard InChI is InChI=1S/C15H13NO2S/c17-19(18,14-7-2-1-3-8-14)11-13-6-4-5-12-9-10-16-15(12)13/h1-10,16H,11H2. The van der Waals surface area contributed by atoms with Crippen molar-refractivity contribution in [3.63, 3.8) is 0 Å². The van der Waals surface area contributed by atoms with Crippen LogP contribution in [0.5, 0.6) is 0 Å². The summed E-state index contributed by atoms with van der Waals surface area (Å²) in [5.41, 5.74) is 1.69. The Balaban J connectivity index is 2.04. The summed E-state index contributed by atoms with van der Waals surface area (Å²) in [6.45, 7) is 0. The maximum Gasteiger partial charge on any atom is 0.182 e. The van der Waals surface area contributed by atoms with Gasteiger partial charge in [-0.15, -0.1) is 0 Å². The van der Waals surface area contributed by atoms with Crippen molar-refractivity contribution in [3.05, 3.63) is 66.4 Å². The van der Waals surface area contributed by atoms with E-state index in [0.717, 1.165) is 16.5 Å². The molecule has 0 bridgehead atoms. The number of para-hydroxylation sites is 1. The normalized spacial score (nSPS) is 11.8. The molecule has 0 aliphatic rings. The van der Waals surface area contributed by atoms with Gasteiger partial charge in [0.1, 0.15) is 0 Å². The highest BCUT2D eigenvalue weighted by Crippen LogP contribution is 2.22. The third kappa shape index (κ3) is 2.27. The first-order chi connectivity index (χ1) is 9.17. The van der Waals surface area contributed by atoms with E-state index in [4.69, 9.17) is 0 Å². The van der Waals surface area contributed by atoms with Crippen molar-refractivity contribution >= 4 is 20.7 Å². The van der Waals surface area contributed by atoms with Crippen LogP contribution in [0.3, 0.4) is 0 Å². The molecule has 2 aromatic carbocycles. The third-order valence-corrected chi connectivity index (χ3v) is 4.80. The van der Waals surface area contributed by atoms with Crippen molar-refractivity contribution in [1.82, 2.24) is 4.98 Å². The van der Waals surface area contributed by atoms with Gasteiger partial charge in [-0.2, -0.15) is 0 Å². The van der Waals surface area contributed by atoms with E-state index in [1.54, 1.807) is 24.3 Å². The lowest BCUT2D eigenvalue weighted by molar-refractivity contribution is 0.595. The molecule has 19 heavy (non-hydrogen) atoms. The Bertz CT molecular complexity index is 804. The molecule has 0 aliphatic heterocycles. The molecular weight excluding hydrogens is 258 g/mol. The fourth-order valence-electron chi connectivity index (χ4n) is 2.19. The molecule has 3 rings (SSSR count). The molecule has 1 heterocycles. The van der Waals surface area contributed by atoms with Crippen LogP contribution in [-0.2, 0) is 15.6 Å². The van der Waals surface area contributed by atoms with E-state index in [1.807, 2.05) is 36.5 Å². The van der Waals surface area contributed by atoms with Crippen LogP contribution in [0.4, 0.5) is 0 Å². The predicted molar refractivity (Wildman–Crippen MR) is 75.6 cm³/mol. The number of sulfone groups is 1. The zero-order valence-electron chi connectivity index (χ0n) is 10.2. The molecule has 0 fully saturated rings. The Morgan fingerprint density at radius 2 is 1.68 bits per heavy atom. The monoisotopic (exact) mass is 271 g/mol. The van der Waals surface area contributed by atoms with E-state index in [2.05, 4.69) is 4.98 Å². The number of hydrogen-bond acceptors (Lipinski definition) is 2. The van der Waals surface area contributed by atoms with E-state index < -0.39 is 9.84 Å². The summed E-state index contributed by atoms with van der Waals surface area (Å²) in [5.74, 6) is 0.00880. The van der Waals surface area contributed by atoms with Crippen molar-refractivity contribution < 1.29 is 8.42 Å². The van der Waals surface area contributed by atoms with Gasteiger partial charge in [-0.25, -0.2) is 8.42 Å². The van der Waals surface area contributed by atoms with Gasteiger partial charge in [-0.05, 0) is 29.1 Å². The maximum absolute atomic E-state index is 12.4. The molecule has 0 aliphatic carbocycles. The van der Waals surface area contributed by atoms with Gasteiger partial charge < -0.3 is 4.98 Å². The second kappa shape index (κ2) is 4.55. The highest BCUT2D eigenvalue weighted by Gasteiger charge is 2.16. The average Bonchev–Trinajstić information content (AvgIpc) is 2.89. The van der Waals surface area contributed by atoms with Crippen molar-refractivity contribution in [3.8, 4) is 0 Å². The molecule has 0 spiro atoms. The number of hydrogen-bond donors (Lipinski definition) is 1. The van der Waals surface area contributed by atoms with Gasteiger partial charge in [-0.1, -0.05) is 36.4 Å². The molecule has 0 amide bonds. The zero-order valence-corrected chi connectivity index (χ0v) is 11.0. The Hall–Kier alpha value is -2.07. The molecule has 1 aromatic heterocycles. The lowest BCUT2D eigenvalue weighted by Crippen LogP contribution is -2.05. The molecule has 0 radical (unpaired) electrons. The highest BCUT2D eigenvalue weighted by atomic mass is 32.2. The minimum absolute atomic E-state index is 0.00880. The van der Waals surface area contributed by atoms with Crippen LogP contribution < -0.4 is 0 Å². The number of H-pyrrole nitrogens is 1. The highest BCUT2D eigenvalue weighted by molar-refractivity contribution is 7.90. The second-order valence-corrected chi connectivity index (χ2v) is 6.42. The first-order valence-electron chi connectivity index (χ1n) is 6.00. The second-order valence-electron chi connectivity index (χ2n) is 4.43. The SMILES string of the molecule is O=S(=O)(Cc1cccc2cc[nH]c12)c1ccccc1. The van der Waals surface area contributed by atoms with Crippen molar-refractivity contribution in [2.75, 3.05) is 0 Å². The number of rotatable bonds is 3. The van der Waals surface area contributed by atoms with Gasteiger partial charge in [0.25, 0.3) is 0 Å². The van der Waals surface area contributed by atoms with Crippen LogP contribution in [0, 0.1) is 0 Å². The van der Waals surface area contributed by atoms with Crippen LogP contribution in [0.1, 0.15) is 5.56 Å². The first-order valence-corrected chi connectivity index (χ1v) is 7.65. The molecule has 3 aromatic rings. The molecule has 4 heteroatoms. The minimum atomic E-state index is -3.30. The van der Waals surface area contributed by atoms with E-state index in [9.17, 15) is 8.42 Å². The zero-order chi connectivity index (χ0) is 13.3. The van der Waals surface area contributed by atoms with Crippen LogP contribution in [0.25, 0.3) is 10.9 Å². The molecule has 3 nitrogen and oxygen atoms in total. The van der Waals surface area contributed by atoms with E-state index in [0.29, 0.717) is 4.90 Å². The third-order valence-electron chi connectivity index (χ3n) is 3.12. The lowest BCUT2D eigenvalue weighted by Gasteiger charge is -2.06. The average molecular weight is 271 g/mol. The van der Waals surface area contributed by atoms with Crippen LogP contribution in [-0.4, -0.2) is 13.4 Å². The largest absolute Gasteiger partial charge is 0.361 e. The maximum atomic E-state index is 12.4. The first kappa shape index (κ1) is 12.0. The summed E-state index contributed by atoms with van der Waals surface area (Å²) in [5, 5.41) is 1.03. The smallest absolute Gasteiger partial charge is 0.182 e. The predicted octanol–water partition coefficient (Wildman–Crippen LogP) is 3.14.